The molecule has 1 atom stereocenters. The fourth-order valence-electron chi connectivity index (χ4n) is 3.45. The lowest BCUT2D eigenvalue weighted by Gasteiger charge is -2.33. The van der Waals surface area contributed by atoms with Crippen LogP contribution in [0.2, 0.25) is 0 Å². The van der Waals surface area contributed by atoms with Gasteiger partial charge in [-0.2, -0.15) is 0 Å². The molecule has 0 aromatic heterocycles. The van der Waals surface area contributed by atoms with Gasteiger partial charge in [-0.1, -0.05) is 42.5 Å². The number of amides is 1. The van der Waals surface area contributed by atoms with Crippen LogP contribution in [-0.4, -0.2) is 50.7 Å². The van der Waals surface area contributed by atoms with Crippen molar-refractivity contribution in [3.05, 3.63) is 65.7 Å². The van der Waals surface area contributed by atoms with Gasteiger partial charge in [-0.05, 0) is 42.6 Å². The molecule has 0 spiro atoms. The first kappa shape index (κ1) is 20.4. The Morgan fingerprint density at radius 2 is 1.93 bits per heavy atom. The molecule has 150 valence electrons. The fourth-order valence-corrected chi connectivity index (χ4v) is 3.45. The molecule has 1 N–H and O–H groups in total. The zero-order valence-electron chi connectivity index (χ0n) is 16.6. The van der Waals surface area contributed by atoms with Gasteiger partial charge in [-0.25, -0.2) is 0 Å². The summed E-state index contributed by atoms with van der Waals surface area (Å²) in [6.45, 7) is 4.46. The lowest BCUT2D eigenvalue weighted by atomic mass is 10.1. The van der Waals surface area contributed by atoms with E-state index in [1.54, 1.807) is 7.11 Å². The molecule has 0 saturated carbocycles. The molecule has 1 fully saturated rings. The van der Waals surface area contributed by atoms with E-state index in [0.29, 0.717) is 6.42 Å². The van der Waals surface area contributed by atoms with Crippen LogP contribution < -0.4 is 10.1 Å². The predicted octanol–water partition coefficient (Wildman–Crippen LogP) is 3.21. The number of hydrogen-bond acceptors (Lipinski definition) is 4. The molecule has 5 nitrogen and oxygen atoms in total. The second-order valence-corrected chi connectivity index (χ2v) is 7.15. The molecule has 5 heteroatoms. The molecule has 1 amide bonds. The summed E-state index contributed by atoms with van der Waals surface area (Å²) in [7, 11) is 1.64. The summed E-state index contributed by atoms with van der Waals surface area (Å²) in [6, 6.07) is 18.0. The van der Waals surface area contributed by atoms with Gasteiger partial charge in [0.05, 0.1) is 26.2 Å². The van der Waals surface area contributed by atoms with Crippen LogP contribution >= 0.6 is 0 Å². The molecule has 0 aliphatic carbocycles. The van der Waals surface area contributed by atoms with Crippen molar-refractivity contribution in [2.45, 2.75) is 25.4 Å². The van der Waals surface area contributed by atoms with Gasteiger partial charge >= 0.3 is 0 Å². The van der Waals surface area contributed by atoms with Crippen LogP contribution in [0.5, 0.6) is 5.75 Å². The monoisotopic (exact) mass is 382 g/mol. The summed E-state index contributed by atoms with van der Waals surface area (Å²) >= 11 is 0. The molecule has 2 aromatic rings. The van der Waals surface area contributed by atoms with Gasteiger partial charge in [-0.15, -0.1) is 0 Å². The molecule has 1 aliphatic rings. The number of methoxy groups -OCH3 is 1. The minimum atomic E-state index is 0.0701. The van der Waals surface area contributed by atoms with E-state index in [1.807, 2.05) is 30.3 Å². The van der Waals surface area contributed by atoms with Crippen LogP contribution in [-0.2, 0) is 16.0 Å². The average molecular weight is 383 g/mol. The Hall–Kier alpha value is -2.37. The van der Waals surface area contributed by atoms with Crippen LogP contribution in [0.25, 0.3) is 0 Å². The van der Waals surface area contributed by atoms with E-state index in [-0.39, 0.29) is 12.0 Å². The van der Waals surface area contributed by atoms with Crippen LogP contribution in [0.1, 0.15) is 30.1 Å². The van der Waals surface area contributed by atoms with Crippen LogP contribution in [0.3, 0.4) is 0 Å². The van der Waals surface area contributed by atoms with Crippen LogP contribution in [0.15, 0.2) is 54.6 Å². The number of nitrogens with one attached hydrogen (secondary N) is 1. The minimum Gasteiger partial charge on any atom is -0.497 e. The predicted molar refractivity (Wildman–Crippen MR) is 111 cm³/mol. The molecule has 1 saturated heterocycles. The van der Waals surface area contributed by atoms with Crippen LogP contribution in [0.4, 0.5) is 0 Å². The zero-order valence-corrected chi connectivity index (χ0v) is 16.6. The molecule has 28 heavy (non-hydrogen) atoms. The van der Waals surface area contributed by atoms with Crippen molar-refractivity contribution in [3.8, 4) is 5.75 Å². The van der Waals surface area contributed by atoms with Crippen molar-refractivity contribution in [2.24, 2.45) is 0 Å². The number of morpholine rings is 1. The van der Waals surface area contributed by atoms with E-state index in [2.05, 4.69) is 34.5 Å². The average Bonchev–Trinajstić information content (AvgIpc) is 2.75. The van der Waals surface area contributed by atoms with E-state index in [0.717, 1.165) is 56.9 Å². The van der Waals surface area contributed by atoms with Crippen molar-refractivity contribution in [2.75, 3.05) is 39.9 Å². The smallest absolute Gasteiger partial charge is 0.224 e. The maximum absolute atomic E-state index is 12.1. The molecular weight excluding hydrogens is 352 g/mol. The van der Waals surface area contributed by atoms with Crippen molar-refractivity contribution < 1.29 is 14.3 Å². The minimum absolute atomic E-state index is 0.0701. The van der Waals surface area contributed by atoms with Crippen molar-refractivity contribution in [1.29, 1.82) is 0 Å². The van der Waals surface area contributed by atoms with Gasteiger partial charge in [-0.3, -0.25) is 9.69 Å². The van der Waals surface area contributed by atoms with Crippen molar-refractivity contribution in [3.63, 3.8) is 0 Å². The summed E-state index contributed by atoms with van der Waals surface area (Å²) < 4.78 is 11.1. The quantitative estimate of drug-likeness (QED) is 0.677. The fraction of sp³-hybridized carbons (Fsp3) is 0.435. The van der Waals surface area contributed by atoms with E-state index < -0.39 is 0 Å². The van der Waals surface area contributed by atoms with E-state index in [4.69, 9.17) is 9.47 Å². The first-order valence-corrected chi connectivity index (χ1v) is 10.0. The third-order valence-electron chi connectivity index (χ3n) is 5.07. The molecule has 0 radical (unpaired) electrons. The molecule has 1 heterocycles. The van der Waals surface area contributed by atoms with E-state index in [9.17, 15) is 4.79 Å². The van der Waals surface area contributed by atoms with E-state index in [1.165, 1.54) is 5.56 Å². The highest BCUT2D eigenvalue weighted by Crippen LogP contribution is 2.22. The highest BCUT2D eigenvalue weighted by molar-refractivity contribution is 5.78. The number of nitrogens with zero attached hydrogens (tertiary/aromatic N) is 1. The normalized spacial score (nSPS) is 17.2. The Balaban J connectivity index is 1.30. The summed E-state index contributed by atoms with van der Waals surface area (Å²) in [5.74, 6) is 0.877. The summed E-state index contributed by atoms with van der Waals surface area (Å²) in [5.41, 5.74) is 2.25. The Morgan fingerprint density at radius 3 is 2.68 bits per heavy atom. The maximum Gasteiger partial charge on any atom is 0.224 e. The number of benzene rings is 2. The number of unbranched alkanes of at least 4 members (excludes halogenated alkanes) is 1. The lowest BCUT2D eigenvalue weighted by molar-refractivity contribution is -0.120. The second kappa shape index (κ2) is 10.8. The number of hydrogen-bond donors (Lipinski definition) is 1. The van der Waals surface area contributed by atoms with Gasteiger partial charge < -0.3 is 14.8 Å². The SMILES string of the molecule is COc1ccc(CC(=O)NCCCCN2CCO[C@H](c3ccccc3)C2)cc1. The molecular formula is C23H30N2O3. The van der Waals surface area contributed by atoms with E-state index >= 15 is 0 Å². The van der Waals surface area contributed by atoms with Gasteiger partial charge in [0, 0.05) is 19.6 Å². The zero-order chi connectivity index (χ0) is 19.6. The highest BCUT2D eigenvalue weighted by atomic mass is 16.5. The van der Waals surface area contributed by atoms with Gasteiger partial charge in [0.1, 0.15) is 5.75 Å². The number of rotatable bonds is 9. The Kier molecular flexibility index (Phi) is 7.88. The largest absolute Gasteiger partial charge is 0.497 e. The van der Waals surface area contributed by atoms with Crippen molar-refractivity contribution >= 4 is 5.91 Å². The first-order valence-electron chi connectivity index (χ1n) is 10.0. The Morgan fingerprint density at radius 1 is 1.14 bits per heavy atom. The number of carbonyl (C=O) groups excluding carboxylic acids is 1. The molecule has 0 bridgehead atoms. The lowest BCUT2D eigenvalue weighted by Crippen LogP contribution is -2.39. The highest BCUT2D eigenvalue weighted by Gasteiger charge is 2.21. The molecule has 2 aromatic carbocycles. The standard InChI is InChI=1S/C23H30N2O3/c1-27-21-11-9-19(10-12-21)17-23(26)24-13-5-6-14-25-15-16-28-22(18-25)20-7-3-2-4-8-20/h2-4,7-12,22H,5-6,13-18H2,1H3,(H,24,26)/t22-/m0/s1. The topological polar surface area (TPSA) is 50.8 Å². The Bertz CT molecular complexity index is 718. The van der Waals surface area contributed by atoms with Gasteiger partial charge in [0.2, 0.25) is 5.91 Å². The Labute approximate surface area is 167 Å². The maximum atomic E-state index is 12.1. The third-order valence-corrected chi connectivity index (χ3v) is 5.07. The molecule has 3 rings (SSSR count). The van der Waals surface area contributed by atoms with Gasteiger partial charge in [0.25, 0.3) is 0 Å². The summed E-state index contributed by atoms with van der Waals surface area (Å²) in [5, 5.41) is 3.02. The first-order chi connectivity index (χ1) is 13.7. The van der Waals surface area contributed by atoms with Crippen molar-refractivity contribution in [1.82, 2.24) is 10.2 Å². The molecule has 0 unspecified atom stereocenters. The summed E-state index contributed by atoms with van der Waals surface area (Å²) in [4.78, 5) is 14.5. The number of ether oxygens (including phenoxy) is 2. The van der Waals surface area contributed by atoms with Gasteiger partial charge in [0.15, 0.2) is 0 Å². The second-order valence-electron chi connectivity index (χ2n) is 7.15. The van der Waals surface area contributed by atoms with Crippen LogP contribution in [0, 0.1) is 0 Å². The summed E-state index contributed by atoms with van der Waals surface area (Å²) in [6.07, 6.45) is 2.64. The molecule has 1 aliphatic heterocycles. The third kappa shape index (κ3) is 6.36. The number of carbonyl (C=O) groups is 1.